The molecule has 1 aromatic carbocycles. The van der Waals surface area contributed by atoms with E-state index in [1.165, 1.54) is 24.3 Å². The van der Waals surface area contributed by atoms with Gasteiger partial charge in [-0.15, -0.1) is 13.2 Å². The van der Waals surface area contributed by atoms with E-state index in [9.17, 15) is 18.3 Å². The van der Waals surface area contributed by atoms with Crippen molar-refractivity contribution in [2.45, 2.75) is 25.9 Å². The molecule has 0 fully saturated rings. The minimum absolute atomic E-state index is 0.164. The predicted molar refractivity (Wildman–Crippen MR) is 117 cm³/mol. The van der Waals surface area contributed by atoms with Crippen molar-refractivity contribution in [3.63, 3.8) is 0 Å². The first-order valence-corrected chi connectivity index (χ1v) is 10.4. The van der Waals surface area contributed by atoms with Crippen LogP contribution < -0.4 is 10.1 Å². The topological polar surface area (TPSA) is 131 Å². The van der Waals surface area contributed by atoms with Crippen LogP contribution in [0.25, 0.3) is 23.0 Å². The van der Waals surface area contributed by atoms with E-state index in [2.05, 4.69) is 30.3 Å². The SMILES string of the molecule is Cc1cc(-c2nc(-c3ccc(OC(F)(F)F)cc3)no2)nn1Cc1ccc(NCC(O)CO)nc1. The van der Waals surface area contributed by atoms with Crippen LogP contribution in [-0.2, 0) is 6.54 Å². The highest BCUT2D eigenvalue weighted by Crippen LogP contribution is 2.27. The summed E-state index contributed by atoms with van der Waals surface area (Å²) in [5.41, 5.74) is 2.62. The molecule has 0 bridgehead atoms. The molecule has 0 saturated carbocycles. The predicted octanol–water partition coefficient (Wildman–Crippen LogP) is 3.02. The number of alkyl halides is 3. The van der Waals surface area contributed by atoms with E-state index in [1.54, 1.807) is 23.0 Å². The lowest BCUT2D eigenvalue weighted by Crippen LogP contribution is -2.23. The van der Waals surface area contributed by atoms with Gasteiger partial charge in [-0.2, -0.15) is 10.1 Å². The summed E-state index contributed by atoms with van der Waals surface area (Å²) in [5.74, 6) is 0.581. The van der Waals surface area contributed by atoms with Crippen molar-refractivity contribution in [1.29, 1.82) is 0 Å². The smallest absolute Gasteiger partial charge is 0.406 e. The van der Waals surface area contributed by atoms with Gasteiger partial charge in [-0.3, -0.25) is 4.68 Å². The zero-order chi connectivity index (χ0) is 25.0. The molecule has 0 aliphatic heterocycles. The van der Waals surface area contributed by atoms with E-state index in [1.807, 2.05) is 13.0 Å². The largest absolute Gasteiger partial charge is 0.573 e. The number of pyridine rings is 1. The Hall–Kier alpha value is -3.97. The van der Waals surface area contributed by atoms with E-state index in [4.69, 9.17) is 9.63 Å². The van der Waals surface area contributed by atoms with Crippen molar-refractivity contribution in [3.8, 4) is 28.7 Å². The quantitative estimate of drug-likeness (QED) is 0.324. The van der Waals surface area contributed by atoms with Crippen LogP contribution in [0.3, 0.4) is 0 Å². The van der Waals surface area contributed by atoms with Crippen LogP contribution in [0.15, 0.2) is 53.2 Å². The number of benzene rings is 1. The molecule has 0 spiro atoms. The lowest BCUT2D eigenvalue weighted by Gasteiger charge is -2.10. The van der Waals surface area contributed by atoms with Gasteiger partial charge in [-0.25, -0.2) is 4.98 Å². The van der Waals surface area contributed by atoms with E-state index in [-0.39, 0.29) is 30.6 Å². The minimum atomic E-state index is -4.77. The Morgan fingerprint density at radius 3 is 2.60 bits per heavy atom. The molecule has 0 radical (unpaired) electrons. The van der Waals surface area contributed by atoms with Crippen molar-refractivity contribution < 1.29 is 32.6 Å². The third kappa shape index (κ3) is 6.33. The Balaban J connectivity index is 1.43. The van der Waals surface area contributed by atoms with Crippen LogP contribution in [0.2, 0.25) is 0 Å². The molecule has 13 heteroatoms. The van der Waals surface area contributed by atoms with Gasteiger partial charge in [0.1, 0.15) is 11.6 Å². The Bertz CT molecular complexity index is 1260. The highest BCUT2D eigenvalue weighted by atomic mass is 19.4. The van der Waals surface area contributed by atoms with Gasteiger partial charge in [-0.1, -0.05) is 11.2 Å². The molecule has 4 rings (SSSR count). The molecular weight excluding hydrogens is 469 g/mol. The summed E-state index contributed by atoms with van der Waals surface area (Å²) in [6.07, 6.45) is -3.96. The Kier molecular flexibility index (Phi) is 6.98. The Labute approximate surface area is 197 Å². The Morgan fingerprint density at radius 1 is 1.17 bits per heavy atom. The number of hydrogen-bond donors (Lipinski definition) is 3. The highest BCUT2D eigenvalue weighted by molar-refractivity contribution is 5.59. The van der Waals surface area contributed by atoms with Crippen molar-refractivity contribution in [2.24, 2.45) is 0 Å². The number of hydrogen-bond acceptors (Lipinski definition) is 9. The van der Waals surface area contributed by atoms with Gasteiger partial charge < -0.3 is 24.8 Å². The van der Waals surface area contributed by atoms with Gasteiger partial charge >= 0.3 is 6.36 Å². The molecule has 4 aromatic rings. The molecule has 1 atom stereocenters. The molecule has 0 amide bonds. The molecule has 3 N–H and O–H groups in total. The van der Waals surface area contributed by atoms with Gasteiger partial charge in [0.2, 0.25) is 5.82 Å². The summed E-state index contributed by atoms with van der Waals surface area (Å²) in [7, 11) is 0. The average Bonchev–Trinajstić information content (AvgIpc) is 3.45. The third-order valence-electron chi connectivity index (χ3n) is 4.86. The first-order valence-electron chi connectivity index (χ1n) is 10.4. The lowest BCUT2D eigenvalue weighted by atomic mass is 10.2. The second-order valence-corrected chi connectivity index (χ2v) is 7.59. The van der Waals surface area contributed by atoms with E-state index in [0.717, 1.165) is 11.3 Å². The average molecular weight is 490 g/mol. The number of nitrogens with one attached hydrogen (secondary N) is 1. The fourth-order valence-electron chi connectivity index (χ4n) is 3.11. The molecule has 1 unspecified atom stereocenters. The maximum absolute atomic E-state index is 12.3. The summed E-state index contributed by atoms with van der Waals surface area (Å²) in [4.78, 5) is 8.58. The number of anilines is 1. The standard InChI is InChI=1S/C22H21F3N6O4/c1-13-8-18(29-31(13)11-14-2-7-19(26-9-14)27-10-16(33)12-32)21-28-20(30-35-21)15-3-5-17(6-4-15)34-22(23,24)25/h2-9,16,32-33H,10-12H2,1H3,(H,26,27). The fourth-order valence-corrected chi connectivity index (χ4v) is 3.11. The number of ether oxygens (including phenoxy) is 1. The molecule has 0 saturated heterocycles. The summed E-state index contributed by atoms with van der Waals surface area (Å²) < 4.78 is 47.9. The summed E-state index contributed by atoms with van der Waals surface area (Å²) in [6.45, 7) is 2.14. The third-order valence-corrected chi connectivity index (χ3v) is 4.86. The summed E-state index contributed by atoms with van der Waals surface area (Å²) >= 11 is 0. The normalized spacial score (nSPS) is 12.5. The maximum atomic E-state index is 12.3. The van der Waals surface area contributed by atoms with Crippen LogP contribution in [0.1, 0.15) is 11.3 Å². The summed E-state index contributed by atoms with van der Waals surface area (Å²) in [5, 5.41) is 29.6. The van der Waals surface area contributed by atoms with Crippen LogP contribution in [0, 0.1) is 6.92 Å². The van der Waals surface area contributed by atoms with Gasteiger partial charge in [0.15, 0.2) is 5.69 Å². The second kappa shape index (κ2) is 10.1. The molecule has 0 aliphatic carbocycles. The molecule has 0 aliphatic rings. The monoisotopic (exact) mass is 490 g/mol. The fraction of sp³-hybridized carbons (Fsp3) is 0.273. The van der Waals surface area contributed by atoms with E-state index < -0.39 is 12.5 Å². The number of halogens is 3. The van der Waals surface area contributed by atoms with Crippen molar-refractivity contribution >= 4 is 5.82 Å². The number of aliphatic hydroxyl groups excluding tert-OH is 2. The van der Waals surface area contributed by atoms with Crippen LogP contribution in [0.5, 0.6) is 5.75 Å². The number of rotatable bonds is 9. The van der Waals surface area contributed by atoms with Crippen LogP contribution in [0.4, 0.5) is 19.0 Å². The first-order chi connectivity index (χ1) is 16.7. The van der Waals surface area contributed by atoms with E-state index in [0.29, 0.717) is 23.6 Å². The van der Waals surface area contributed by atoms with Gasteiger partial charge in [0.25, 0.3) is 5.89 Å². The molecule has 3 aromatic heterocycles. The van der Waals surface area contributed by atoms with Gasteiger partial charge in [0, 0.05) is 24.0 Å². The molecule has 10 nitrogen and oxygen atoms in total. The maximum Gasteiger partial charge on any atom is 0.573 e. The van der Waals surface area contributed by atoms with Crippen LogP contribution in [-0.4, -0.2) is 60.7 Å². The molecule has 3 heterocycles. The van der Waals surface area contributed by atoms with Crippen molar-refractivity contribution in [1.82, 2.24) is 24.9 Å². The van der Waals surface area contributed by atoms with Crippen molar-refractivity contribution in [3.05, 3.63) is 59.9 Å². The minimum Gasteiger partial charge on any atom is -0.406 e. The Morgan fingerprint density at radius 2 is 1.94 bits per heavy atom. The first kappa shape index (κ1) is 24.2. The van der Waals surface area contributed by atoms with Crippen LogP contribution >= 0.6 is 0 Å². The van der Waals surface area contributed by atoms with Gasteiger partial charge in [0.05, 0.1) is 19.3 Å². The summed E-state index contributed by atoms with van der Waals surface area (Å²) in [6, 6.07) is 10.5. The zero-order valence-corrected chi connectivity index (χ0v) is 18.4. The zero-order valence-electron chi connectivity index (χ0n) is 18.4. The molecule has 184 valence electrons. The molecule has 35 heavy (non-hydrogen) atoms. The number of aromatic nitrogens is 5. The highest BCUT2D eigenvalue weighted by Gasteiger charge is 2.31. The number of aliphatic hydroxyl groups is 2. The second-order valence-electron chi connectivity index (χ2n) is 7.59. The lowest BCUT2D eigenvalue weighted by molar-refractivity contribution is -0.274. The van der Waals surface area contributed by atoms with Crippen molar-refractivity contribution in [2.75, 3.05) is 18.5 Å². The molecular formula is C22H21F3N6O4. The number of nitrogens with zero attached hydrogens (tertiary/aromatic N) is 5. The number of aryl methyl sites for hydroxylation is 1. The van der Waals surface area contributed by atoms with Gasteiger partial charge in [-0.05, 0) is 48.9 Å². The van der Waals surface area contributed by atoms with E-state index >= 15 is 0 Å².